The van der Waals surface area contributed by atoms with E-state index in [1.807, 2.05) is 6.20 Å². The first kappa shape index (κ1) is 7.76. The second kappa shape index (κ2) is 3.25. The molecule has 0 aliphatic carbocycles. The molecular weight excluding hydrogens is 154 g/mol. The molecule has 0 atom stereocenters. The number of hydrogen-bond acceptors (Lipinski definition) is 3. The van der Waals surface area contributed by atoms with E-state index < -0.39 is 0 Å². The van der Waals surface area contributed by atoms with Crippen LogP contribution in [0.2, 0.25) is 0 Å². The fraction of sp³-hybridized carbons (Fsp3) is 0.625. The number of nitrogens with zero attached hydrogens (tertiary/aromatic N) is 2. The summed E-state index contributed by atoms with van der Waals surface area (Å²) in [6.07, 6.45) is 2.99. The van der Waals surface area contributed by atoms with Gasteiger partial charge in [-0.2, -0.15) is 5.10 Å². The molecule has 0 amide bonds. The van der Waals surface area contributed by atoms with Crippen molar-refractivity contribution in [2.75, 3.05) is 20.4 Å². The van der Waals surface area contributed by atoms with Crippen molar-refractivity contribution in [3.63, 3.8) is 0 Å². The van der Waals surface area contributed by atoms with Crippen LogP contribution in [-0.4, -0.2) is 35.5 Å². The van der Waals surface area contributed by atoms with Crippen molar-refractivity contribution < 1.29 is 4.74 Å². The minimum Gasteiger partial charge on any atom is -0.369 e. The quantitative estimate of drug-likeness (QED) is 0.692. The molecule has 12 heavy (non-hydrogen) atoms. The molecule has 0 bridgehead atoms. The summed E-state index contributed by atoms with van der Waals surface area (Å²) in [5, 5.41) is 7.00. The molecule has 1 aromatic heterocycles. The molecule has 0 unspecified atom stereocenters. The lowest BCUT2D eigenvalue weighted by Gasteiger charge is -2.24. The Morgan fingerprint density at radius 1 is 1.75 bits per heavy atom. The predicted molar refractivity (Wildman–Crippen MR) is 44.6 cm³/mol. The Bertz CT molecular complexity index is 259. The number of methoxy groups -OCH3 is 1. The Balaban J connectivity index is 2.05. The van der Waals surface area contributed by atoms with Gasteiger partial charge in [0.15, 0.2) is 0 Å². The molecule has 0 radical (unpaired) electrons. The molecule has 1 aliphatic rings. The molecule has 0 saturated heterocycles. The van der Waals surface area contributed by atoms with Crippen LogP contribution < -0.4 is 0 Å². The Morgan fingerprint density at radius 2 is 2.67 bits per heavy atom. The van der Waals surface area contributed by atoms with Crippen molar-refractivity contribution in [3.05, 3.63) is 17.5 Å². The van der Waals surface area contributed by atoms with Gasteiger partial charge in [0.25, 0.3) is 0 Å². The van der Waals surface area contributed by atoms with Crippen LogP contribution in [0, 0.1) is 0 Å². The first-order valence-corrected chi connectivity index (χ1v) is 4.12. The van der Waals surface area contributed by atoms with Gasteiger partial charge in [0.2, 0.25) is 0 Å². The van der Waals surface area contributed by atoms with Crippen LogP contribution in [0.5, 0.6) is 0 Å². The van der Waals surface area contributed by atoms with Crippen molar-refractivity contribution in [2.24, 2.45) is 0 Å². The molecule has 0 fully saturated rings. The Labute approximate surface area is 71.5 Å². The number of nitrogens with one attached hydrogen (secondary N) is 1. The summed E-state index contributed by atoms with van der Waals surface area (Å²) >= 11 is 0. The predicted octanol–water partition coefficient (Wildman–Crippen LogP) is 0.372. The summed E-state index contributed by atoms with van der Waals surface area (Å²) in [6.45, 7) is 2.71. The highest BCUT2D eigenvalue weighted by Crippen LogP contribution is 2.14. The van der Waals surface area contributed by atoms with Gasteiger partial charge < -0.3 is 4.74 Å². The van der Waals surface area contributed by atoms with Crippen molar-refractivity contribution in [1.29, 1.82) is 0 Å². The van der Waals surface area contributed by atoms with Crippen molar-refractivity contribution in [3.8, 4) is 0 Å². The van der Waals surface area contributed by atoms with Crippen molar-refractivity contribution >= 4 is 0 Å². The Morgan fingerprint density at radius 3 is 3.50 bits per heavy atom. The van der Waals surface area contributed by atoms with Crippen LogP contribution in [-0.2, 0) is 17.7 Å². The zero-order valence-corrected chi connectivity index (χ0v) is 7.21. The number of fused-ring (bicyclic) bond motifs is 1. The molecule has 2 rings (SSSR count). The highest BCUT2D eigenvalue weighted by atomic mass is 16.5. The van der Waals surface area contributed by atoms with Gasteiger partial charge >= 0.3 is 0 Å². The average molecular weight is 167 g/mol. The number of rotatable bonds is 2. The zero-order chi connectivity index (χ0) is 8.39. The van der Waals surface area contributed by atoms with Crippen LogP contribution >= 0.6 is 0 Å². The smallest absolute Gasteiger partial charge is 0.0989 e. The summed E-state index contributed by atoms with van der Waals surface area (Å²) in [7, 11) is 1.72. The van der Waals surface area contributed by atoms with E-state index in [-0.39, 0.29) is 0 Å². The molecule has 1 aromatic rings. The second-order valence-electron chi connectivity index (χ2n) is 3.09. The van der Waals surface area contributed by atoms with E-state index in [2.05, 4.69) is 15.1 Å². The summed E-state index contributed by atoms with van der Waals surface area (Å²) in [4.78, 5) is 2.25. The lowest BCUT2D eigenvalue weighted by Crippen LogP contribution is -2.31. The maximum atomic E-state index is 5.06. The third kappa shape index (κ3) is 1.35. The van der Waals surface area contributed by atoms with E-state index in [0.29, 0.717) is 6.73 Å². The third-order valence-corrected chi connectivity index (χ3v) is 2.20. The topological polar surface area (TPSA) is 41.1 Å². The van der Waals surface area contributed by atoms with Crippen LogP contribution in [0.25, 0.3) is 0 Å². The largest absolute Gasteiger partial charge is 0.369 e. The van der Waals surface area contributed by atoms with Crippen LogP contribution in [0.4, 0.5) is 0 Å². The molecule has 1 N–H and O–H groups in total. The Kier molecular flexibility index (Phi) is 2.10. The maximum Gasteiger partial charge on any atom is 0.0989 e. The van der Waals surface area contributed by atoms with Crippen molar-refractivity contribution in [1.82, 2.24) is 15.1 Å². The standard InChI is InChI=1S/C8H13N3O/c1-12-6-11-3-2-7-4-9-10-8(7)5-11/h4H,2-3,5-6H2,1H3,(H,9,10). The third-order valence-electron chi connectivity index (χ3n) is 2.20. The van der Waals surface area contributed by atoms with E-state index in [4.69, 9.17) is 4.74 Å². The number of aromatic amines is 1. The Hall–Kier alpha value is -0.870. The monoisotopic (exact) mass is 167 g/mol. The number of aromatic nitrogens is 2. The summed E-state index contributed by atoms with van der Waals surface area (Å²) < 4.78 is 5.06. The molecule has 0 saturated carbocycles. The average Bonchev–Trinajstić information content (AvgIpc) is 2.51. The summed E-state index contributed by atoms with van der Waals surface area (Å²) in [5.74, 6) is 0. The second-order valence-corrected chi connectivity index (χ2v) is 3.09. The molecule has 2 heterocycles. The normalized spacial score (nSPS) is 17.8. The van der Waals surface area contributed by atoms with Gasteiger partial charge in [-0.3, -0.25) is 10.00 Å². The van der Waals surface area contributed by atoms with Gasteiger partial charge in [-0.1, -0.05) is 0 Å². The molecule has 1 aliphatic heterocycles. The molecule has 0 spiro atoms. The van der Waals surface area contributed by atoms with Crippen molar-refractivity contribution in [2.45, 2.75) is 13.0 Å². The lowest BCUT2D eigenvalue weighted by molar-refractivity contribution is 0.0535. The van der Waals surface area contributed by atoms with Crippen LogP contribution in [0.1, 0.15) is 11.3 Å². The van der Waals surface area contributed by atoms with E-state index in [1.54, 1.807) is 7.11 Å². The lowest BCUT2D eigenvalue weighted by atomic mass is 10.1. The minimum absolute atomic E-state index is 0.707. The number of hydrogen-bond donors (Lipinski definition) is 1. The fourth-order valence-electron chi connectivity index (χ4n) is 1.56. The van der Waals surface area contributed by atoms with Gasteiger partial charge in [0.1, 0.15) is 0 Å². The molecule has 66 valence electrons. The number of H-pyrrole nitrogens is 1. The first-order chi connectivity index (χ1) is 5.90. The van der Waals surface area contributed by atoms with Gasteiger partial charge in [0.05, 0.1) is 18.6 Å². The first-order valence-electron chi connectivity index (χ1n) is 4.12. The summed E-state index contributed by atoms with van der Waals surface area (Å²) in [5.41, 5.74) is 2.58. The molecule has 4 heteroatoms. The zero-order valence-electron chi connectivity index (χ0n) is 7.21. The van der Waals surface area contributed by atoms with E-state index >= 15 is 0 Å². The van der Waals surface area contributed by atoms with E-state index in [9.17, 15) is 0 Å². The molecular formula is C8H13N3O. The van der Waals surface area contributed by atoms with Gasteiger partial charge in [-0.15, -0.1) is 0 Å². The fourth-order valence-corrected chi connectivity index (χ4v) is 1.56. The van der Waals surface area contributed by atoms with E-state index in [0.717, 1.165) is 19.5 Å². The summed E-state index contributed by atoms with van der Waals surface area (Å²) in [6, 6.07) is 0. The molecule has 4 nitrogen and oxygen atoms in total. The van der Waals surface area contributed by atoms with Crippen LogP contribution in [0.15, 0.2) is 6.20 Å². The highest BCUT2D eigenvalue weighted by molar-refractivity contribution is 5.18. The maximum absolute atomic E-state index is 5.06. The number of ether oxygens (including phenoxy) is 1. The molecule has 0 aromatic carbocycles. The van der Waals surface area contributed by atoms with Crippen LogP contribution in [0.3, 0.4) is 0 Å². The minimum atomic E-state index is 0.707. The SMILES string of the molecule is COCN1CCc2cn[nH]c2C1. The highest BCUT2D eigenvalue weighted by Gasteiger charge is 2.16. The van der Waals surface area contributed by atoms with Gasteiger partial charge in [0, 0.05) is 20.2 Å². The van der Waals surface area contributed by atoms with Gasteiger partial charge in [-0.05, 0) is 12.0 Å². The van der Waals surface area contributed by atoms with Gasteiger partial charge in [-0.25, -0.2) is 0 Å². The van der Waals surface area contributed by atoms with E-state index in [1.165, 1.54) is 11.3 Å².